The van der Waals surface area contributed by atoms with E-state index in [4.69, 9.17) is 20.9 Å². The topological polar surface area (TPSA) is 190 Å². The first-order chi connectivity index (χ1) is 24.9. The zero-order valence-corrected chi connectivity index (χ0v) is 33.5. The number of aliphatic imine (C=N–C) groups is 1. The first kappa shape index (κ1) is 45.3. The van der Waals surface area contributed by atoms with Gasteiger partial charge in [0, 0.05) is 46.1 Å². The number of hydrogen-bond donors (Lipinski definition) is 3. The lowest BCUT2D eigenvalue weighted by molar-refractivity contribution is -0.146. The summed E-state index contributed by atoms with van der Waals surface area (Å²) in [6.07, 6.45) is 9.27. The van der Waals surface area contributed by atoms with Gasteiger partial charge < -0.3 is 36.1 Å². The molecular formula is C39H65N7O7. The van der Waals surface area contributed by atoms with Crippen molar-refractivity contribution < 1.29 is 33.4 Å². The Hall–Kier alpha value is -3.88. The second-order valence-electron chi connectivity index (χ2n) is 15.2. The van der Waals surface area contributed by atoms with Crippen molar-refractivity contribution >= 4 is 35.8 Å². The average Bonchev–Trinajstić information content (AvgIpc) is 3.57. The molecule has 2 rings (SSSR count). The summed E-state index contributed by atoms with van der Waals surface area (Å²) in [7, 11) is 8.21. The predicted octanol–water partition coefficient (Wildman–Crippen LogP) is 2.43. The van der Waals surface area contributed by atoms with Gasteiger partial charge in [0.05, 0.1) is 42.7 Å². The molecule has 14 heteroatoms. The van der Waals surface area contributed by atoms with Crippen LogP contribution in [0, 0.1) is 23.7 Å². The van der Waals surface area contributed by atoms with Crippen molar-refractivity contribution in [3.63, 3.8) is 0 Å². The average molecular weight is 744 g/mol. The predicted molar refractivity (Wildman–Crippen MR) is 206 cm³/mol. The first-order valence-electron chi connectivity index (χ1n) is 18.6. The molecule has 298 valence electrons. The Kier molecular flexibility index (Phi) is 18.0. The molecule has 5 amide bonds. The number of amides is 5. The number of likely N-dealkylation sites (tertiary alicyclic amines) is 1. The Balaban J connectivity index is 2.24. The van der Waals surface area contributed by atoms with Crippen molar-refractivity contribution in [3.05, 3.63) is 36.1 Å². The van der Waals surface area contributed by atoms with Crippen molar-refractivity contribution in [2.24, 2.45) is 40.1 Å². The van der Waals surface area contributed by atoms with Gasteiger partial charge in [-0.2, -0.15) is 0 Å². The Labute approximate surface area is 316 Å². The fourth-order valence-electron chi connectivity index (χ4n) is 7.64. The summed E-state index contributed by atoms with van der Waals surface area (Å²) in [5.74, 6) is -3.98. The molecule has 0 radical (unpaired) electrons. The summed E-state index contributed by atoms with van der Waals surface area (Å²) in [6.45, 7) is 13.7. The van der Waals surface area contributed by atoms with E-state index in [1.165, 1.54) is 25.3 Å². The molecule has 1 aliphatic heterocycles. The number of carbonyl (C=O) groups is 5. The molecule has 0 saturated carbocycles. The highest BCUT2D eigenvalue weighted by Crippen LogP contribution is 2.29. The van der Waals surface area contributed by atoms with Gasteiger partial charge in [0.2, 0.25) is 23.6 Å². The largest absolute Gasteiger partial charge is 0.402 e. The Morgan fingerprint density at radius 2 is 1.70 bits per heavy atom. The highest BCUT2D eigenvalue weighted by Gasteiger charge is 2.42. The van der Waals surface area contributed by atoms with E-state index in [9.17, 15) is 24.0 Å². The zero-order valence-electron chi connectivity index (χ0n) is 33.5. The molecule has 1 fully saturated rings. The molecule has 53 heavy (non-hydrogen) atoms. The van der Waals surface area contributed by atoms with Crippen LogP contribution >= 0.6 is 0 Å². The van der Waals surface area contributed by atoms with Crippen LogP contribution in [0.25, 0.3) is 0 Å². The zero-order chi connectivity index (χ0) is 40.2. The van der Waals surface area contributed by atoms with Gasteiger partial charge in [0.15, 0.2) is 0 Å². The molecule has 14 nitrogen and oxygen atoms in total. The Morgan fingerprint density at radius 1 is 1.04 bits per heavy atom. The van der Waals surface area contributed by atoms with E-state index in [-0.39, 0.29) is 29.9 Å². The molecular weight excluding hydrogens is 678 g/mol. The minimum Gasteiger partial charge on any atom is -0.402 e. The summed E-state index contributed by atoms with van der Waals surface area (Å²) < 4.78 is 11.8. The summed E-state index contributed by atoms with van der Waals surface area (Å²) in [4.78, 5) is 75.9. The van der Waals surface area contributed by atoms with Gasteiger partial charge >= 0.3 is 0 Å². The Bertz CT molecular complexity index is 1380. The van der Waals surface area contributed by atoms with Crippen LogP contribution in [0.1, 0.15) is 73.1 Å². The molecule has 8 atom stereocenters. The maximum absolute atomic E-state index is 14.1. The Morgan fingerprint density at radius 3 is 2.19 bits per heavy atom. The fourth-order valence-corrected chi connectivity index (χ4v) is 7.64. The third-order valence-electron chi connectivity index (χ3n) is 10.3. The van der Waals surface area contributed by atoms with E-state index in [0.29, 0.717) is 25.8 Å². The van der Waals surface area contributed by atoms with Crippen molar-refractivity contribution in [2.75, 3.05) is 41.9 Å². The minimum atomic E-state index is -1.07. The van der Waals surface area contributed by atoms with E-state index >= 15 is 0 Å². The van der Waals surface area contributed by atoms with Gasteiger partial charge in [-0.25, -0.2) is 4.99 Å². The third kappa shape index (κ3) is 12.3. The molecule has 0 aromatic rings. The summed E-state index contributed by atoms with van der Waals surface area (Å²) in [5, 5.41) is 2.81. The second kappa shape index (κ2) is 21.1. The van der Waals surface area contributed by atoms with Crippen molar-refractivity contribution in [1.82, 2.24) is 20.0 Å². The lowest BCUT2D eigenvalue weighted by atomic mass is 9.91. The smallest absolute Gasteiger partial charge is 0.262 e. The SMILES string of the molecule is C=C(N)C(C=NC(=O)[C@H](C(C)C)N(C)C)C(=O)N(C)[C@@H](C(C)C)[C@@H](CC(=O)N1CCC[C@H]1[C@H](OC)[C@@H](C)C(=O)N[C@@H](CC1=CCCC=C1)C(N)=O)OC. The number of nitrogens with one attached hydrogen (secondary N) is 1. The van der Waals surface area contributed by atoms with Crippen LogP contribution in [0.2, 0.25) is 0 Å². The quantitative estimate of drug-likeness (QED) is 0.157. The van der Waals surface area contributed by atoms with Crippen LogP contribution in [0.15, 0.2) is 41.1 Å². The van der Waals surface area contributed by atoms with Crippen LogP contribution in [0.3, 0.4) is 0 Å². The lowest BCUT2D eigenvalue weighted by Gasteiger charge is -2.39. The molecule has 5 N–H and O–H groups in total. The molecule has 1 aliphatic carbocycles. The van der Waals surface area contributed by atoms with Gasteiger partial charge in [0.1, 0.15) is 12.0 Å². The molecule has 0 bridgehead atoms. The number of hydrogen-bond acceptors (Lipinski definition) is 9. The lowest BCUT2D eigenvalue weighted by Crippen LogP contribution is -2.54. The summed E-state index contributed by atoms with van der Waals surface area (Å²) >= 11 is 0. The van der Waals surface area contributed by atoms with E-state index < -0.39 is 71.8 Å². The van der Waals surface area contributed by atoms with Crippen molar-refractivity contribution in [2.45, 2.75) is 110 Å². The van der Waals surface area contributed by atoms with E-state index in [1.54, 1.807) is 37.9 Å². The van der Waals surface area contributed by atoms with E-state index in [2.05, 4.69) is 16.9 Å². The standard InChI is InChI=1S/C39H65N7O7/c1-23(2)33(45(9)39(51)28(26(6)40)22-42-38(50)34(24(3)4)44(7)8)31(52-10)21-32(47)46-19-15-18-30(46)35(53-11)25(5)37(49)43-29(36(41)48)20-27-16-13-12-14-17-27/h13,16-17,22-25,28-31,33-35H,6,12,14-15,18-21,40H2,1-5,7-11H3,(H2,41,48)(H,43,49)/t25-,28?,29+,30+,31-,33+,34+,35-/m1/s1. The van der Waals surface area contributed by atoms with Crippen LogP contribution in [0.4, 0.5) is 0 Å². The van der Waals surface area contributed by atoms with Crippen LogP contribution in [0.5, 0.6) is 0 Å². The number of primary amides is 1. The maximum atomic E-state index is 14.1. The van der Waals surface area contributed by atoms with E-state index in [1.807, 2.05) is 45.9 Å². The molecule has 0 aromatic heterocycles. The van der Waals surface area contributed by atoms with Gasteiger partial charge in [-0.3, -0.25) is 28.9 Å². The molecule has 0 aromatic carbocycles. The molecule has 2 aliphatic rings. The molecule has 1 heterocycles. The first-order valence-corrected chi connectivity index (χ1v) is 18.6. The van der Waals surface area contributed by atoms with Gasteiger partial charge in [0.25, 0.3) is 5.91 Å². The fraction of sp³-hybridized carbons (Fsp3) is 0.692. The number of methoxy groups -OCH3 is 2. The summed E-state index contributed by atoms with van der Waals surface area (Å²) in [6, 6.07) is -2.33. The second-order valence-corrected chi connectivity index (χ2v) is 15.2. The number of allylic oxidation sites excluding steroid dienone is 3. The van der Waals surface area contributed by atoms with E-state index in [0.717, 1.165) is 18.4 Å². The number of nitrogens with two attached hydrogens (primary N) is 2. The third-order valence-corrected chi connectivity index (χ3v) is 10.3. The van der Waals surface area contributed by atoms with Gasteiger partial charge in [-0.1, -0.05) is 59.4 Å². The van der Waals surface area contributed by atoms with Crippen molar-refractivity contribution in [1.29, 1.82) is 0 Å². The van der Waals surface area contributed by atoms with Crippen molar-refractivity contribution in [3.8, 4) is 0 Å². The van der Waals surface area contributed by atoms with Gasteiger partial charge in [-0.15, -0.1) is 0 Å². The molecule has 0 spiro atoms. The minimum absolute atomic E-state index is 0.00584. The van der Waals surface area contributed by atoms with Crippen LogP contribution in [-0.4, -0.2) is 129 Å². The maximum Gasteiger partial charge on any atom is 0.262 e. The number of ether oxygens (including phenoxy) is 2. The highest BCUT2D eigenvalue weighted by atomic mass is 16.5. The monoisotopic (exact) mass is 743 g/mol. The number of rotatable bonds is 20. The highest BCUT2D eigenvalue weighted by molar-refractivity contribution is 6.00. The molecule has 1 unspecified atom stereocenters. The van der Waals surface area contributed by atoms with Gasteiger partial charge in [-0.05, 0) is 57.2 Å². The number of nitrogens with zero attached hydrogens (tertiary/aromatic N) is 4. The molecule has 1 saturated heterocycles. The summed E-state index contributed by atoms with van der Waals surface area (Å²) in [5.41, 5.74) is 12.7. The number of likely N-dealkylation sites (N-methyl/N-ethyl adjacent to an activating group) is 2. The number of carbonyl (C=O) groups excluding carboxylic acids is 5. The van der Waals surface area contributed by atoms with Crippen LogP contribution in [-0.2, 0) is 33.4 Å². The normalized spacial score (nSPS) is 20.1. The van der Waals surface area contributed by atoms with Crippen LogP contribution < -0.4 is 16.8 Å².